The number of nitrogens with zero attached hydrogens (tertiary/aromatic N) is 2. The van der Waals surface area contributed by atoms with E-state index >= 15 is 0 Å². The molecule has 0 saturated heterocycles. The fraction of sp³-hybridized carbons (Fsp3) is 0.269. The lowest BCUT2D eigenvalue weighted by molar-refractivity contribution is 0.0985. The standard InChI is InChI=1S/C26H30N4O4/c1-4-16-34-21-12-10-20(11-13-21)25(32)29(15-14-18(2)3)22-23(27)30(26(33)28-24(22)31)17-19-8-6-5-7-9-19/h4-13,18H,1,14-17,27H2,2-3H3,(H,28,31,33). The van der Waals surface area contributed by atoms with Crippen molar-refractivity contribution in [1.29, 1.82) is 0 Å². The molecule has 0 atom stereocenters. The summed E-state index contributed by atoms with van der Waals surface area (Å²) >= 11 is 0. The molecule has 0 aliphatic carbocycles. The number of carbonyl (C=O) groups excluding carboxylic acids is 1. The summed E-state index contributed by atoms with van der Waals surface area (Å²) < 4.78 is 6.75. The molecule has 1 heterocycles. The van der Waals surface area contributed by atoms with Crippen molar-refractivity contribution < 1.29 is 9.53 Å². The number of carbonyl (C=O) groups is 1. The summed E-state index contributed by atoms with van der Waals surface area (Å²) in [5.74, 6) is 0.429. The van der Waals surface area contributed by atoms with Crippen molar-refractivity contribution in [2.45, 2.75) is 26.8 Å². The number of hydrogen-bond donors (Lipinski definition) is 2. The number of ether oxygens (including phenoxy) is 1. The lowest BCUT2D eigenvalue weighted by atomic mass is 10.1. The number of benzene rings is 2. The van der Waals surface area contributed by atoms with Gasteiger partial charge in [-0.2, -0.15) is 0 Å². The van der Waals surface area contributed by atoms with Crippen molar-refractivity contribution in [3.05, 3.63) is 99.2 Å². The van der Waals surface area contributed by atoms with Gasteiger partial charge in [-0.3, -0.25) is 19.1 Å². The van der Waals surface area contributed by atoms with E-state index in [0.29, 0.717) is 24.3 Å². The van der Waals surface area contributed by atoms with Gasteiger partial charge in [0.2, 0.25) is 0 Å². The van der Waals surface area contributed by atoms with Crippen molar-refractivity contribution in [1.82, 2.24) is 9.55 Å². The lowest BCUT2D eigenvalue weighted by Crippen LogP contribution is -2.42. The van der Waals surface area contributed by atoms with Crippen LogP contribution in [0.5, 0.6) is 5.75 Å². The van der Waals surface area contributed by atoms with Gasteiger partial charge < -0.3 is 15.4 Å². The van der Waals surface area contributed by atoms with Crippen LogP contribution in [0.1, 0.15) is 36.2 Å². The number of H-pyrrole nitrogens is 1. The van der Waals surface area contributed by atoms with E-state index in [1.165, 1.54) is 9.47 Å². The second-order valence-electron chi connectivity index (χ2n) is 8.33. The number of anilines is 2. The minimum atomic E-state index is -0.699. The second kappa shape index (κ2) is 11.2. The number of nitrogens with two attached hydrogens (primary N) is 1. The molecule has 0 fully saturated rings. The Kier molecular flexibility index (Phi) is 8.08. The zero-order valence-corrected chi connectivity index (χ0v) is 19.5. The van der Waals surface area contributed by atoms with Crippen LogP contribution in [0.15, 0.2) is 76.8 Å². The van der Waals surface area contributed by atoms with Gasteiger partial charge in [0.1, 0.15) is 18.2 Å². The third-order valence-electron chi connectivity index (χ3n) is 5.31. The van der Waals surface area contributed by atoms with E-state index in [1.54, 1.807) is 30.3 Å². The van der Waals surface area contributed by atoms with Gasteiger partial charge >= 0.3 is 5.69 Å². The fourth-order valence-corrected chi connectivity index (χ4v) is 3.47. The topological polar surface area (TPSA) is 110 Å². The van der Waals surface area contributed by atoms with Gasteiger partial charge in [0, 0.05) is 12.1 Å². The smallest absolute Gasteiger partial charge is 0.330 e. The number of amides is 1. The van der Waals surface area contributed by atoms with Crippen LogP contribution in [-0.4, -0.2) is 28.6 Å². The van der Waals surface area contributed by atoms with E-state index in [2.05, 4.69) is 11.6 Å². The molecule has 0 saturated carbocycles. The number of nitrogen functional groups attached to an aromatic ring is 1. The molecule has 2 aromatic carbocycles. The highest BCUT2D eigenvalue weighted by molar-refractivity contribution is 6.07. The van der Waals surface area contributed by atoms with Crippen LogP contribution in [0, 0.1) is 5.92 Å². The molecule has 8 heteroatoms. The third-order valence-corrected chi connectivity index (χ3v) is 5.31. The quantitative estimate of drug-likeness (QED) is 0.449. The Bertz CT molecular complexity index is 1240. The monoisotopic (exact) mass is 462 g/mol. The molecule has 0 aliphatic heterocycles. The van der Waals surface area contributed by atoms with Crippen molar-refractivity contribution in [3.8, 4) is 5.75 Å². The number of rotatable bonds is 10. The Morgan fingerprint density at radius 2 is 1.82 bits per heavy atom. The highest BCUT2D eigenvalue weighted by Gasteiger charge is 2.25. The van der Waals surface area contributed by atoms with Gasteiger partial charge in [0.15, 0.2) is 5.69 Å². The summed E-state index contributed by atoms with van der Waals surface area (Å²) in [4.78, 5) is 42.7. The van der Waals surface area contributed by atoms with Crippen molar-refractivity contribution in [2.24, 2.45) is 5.92 Å². The molecule has 34 heavy (non-hydrogen) atoms. The predicted octanol–water partition coefficient (Wildman–Crippen LogP) is 3.42. The van der Waals surface area contributed by atoms with E-state index in [-0.39, 0.29) is 30.5 Å². The van der Waals surface area contributed by atoms with E-state index in [1.807, 2.05) is 44.2 Å². The molecule has 0 radical (unpaired) electrons. The summed E-state index contributed by atoms with van der Waals surface area (Å²) in [6, 6.07) is 15.9. The minimum absolute atomic E-state index is 0.0341. The van der Waals surface area contributed by atoms with Gasteiger partial charge in [-0.15, -0.1) is 0 Å². The minimum Gasteiger partial charge on any atom is -0.490 e. The average Bonchev–Trinajstić information content (AvgIpc) is 2.82. The second-order valence-corrected chi connectivity index (χ2v) is 8.33. The molecular formula is C26H30N4O4. The zero-order chi connectivity index (χ0) is 24.7. The Hall–Kier alpha value is -4.07. The van der Waals surface area contributed by atoms with Crippen LogP contribution in [0.25, 0.3) is 0 Å². The van der Waals surface area contributed by atoms with E-state index < -0.39 is 17.2 Å². The Morgan fingerprint density at radius 1 is 1.15 bits per heavy atom. The molecule has 8 nitrogen and oxygen atoms in total. The van der Waals surface area contributed by atoms with Gasteiger partial charge in [-0.25, -0.2) is 4.79 Å². The zero-order valence-electron chi connectivity index (χ0n) is 19.5. The van der Waals surface area contributed by atoms with Crippen LogP contribution in [0.2, 0.25) is 0 Å². The maximum absolute atomic E-state index is 13.5. The average molecular weight is 463 g/mol. The maximum Gasteiger partial charge on any atom is 0.330 e. The highest BCUT2D eigenvalue weighted by atomic mass is 16.5. The highest BCUT2D eigenvalue weighted by Crippen LogP contribution is 2.22. The summed E-state index contributed by atoms with van der Waals surface area (Å²) in [6.07, 6.45) is 2.27. The summed E-state index contributed by atoms with van der Waals surface area (Å²) in [5, 5.41) is 0. The van der Waals surface area contributed by atoms with Crippen molar-refractivity contribution >= 4 is 17.4 Å². The third kappa shape index (κ3) is 5.83. The molecular weight excluding hydrogens is 432 g/mol. The molecule has 3 aromatic rings. The van der Waals surface area contributed by atoms with Gasteiger partial charge in [0.05, 0.1) is 6.54 Å². The molecule has 1 amide bonds. The number of aromatic amines is 1. The molecule has 0 spiro atoms. The maximum atomic E-state index is 13.5. The van der Waals surface area contributed by atoms with Crippen LogP contribution in [-0.2, 0) is 6.54 Å². The molecule has 3 N–H and O–H groups in total. The van der Waals surface area contributed by atoms with Crippen LogP contribution >= 0.6 is 0 Å². The first kappa shape index (κ1) is 24.6. The number of aromatic nitrogens is 2. The Labute approximate surface area is 198 Å². The van der Waals surface area contributed by atoms with Crippen LogP contribution in [0.3, 0.4) is 0 Å². The SMILES string of the molecule is C=CCOc1ccc(C(=O)N(CCC(C)C)c2c(N)n(Cc3ccccc3)c(=O)[nH]c2=O)cc1. The predicted molar refractivity (Wildman–Crippen MR) is 135 cm³/mol. The Balaban J connectivity index is 2.03. The number of hydrogen-bond acceptors (Lipinski definition) is 5. The van der Waals surface area contributed by atoms with Gasteiger partial charge in [-0.05, 0) is 42.2 Å². The summed E-state index contributed by atoms with van der Waals surface area (Å²) in [5.41, 5.74) is 6.20. The summed E-state index contributed by atoms with van der Waals surface area (Å²) in [6.45, 7) is 8.45. The number of nitrogens with one attached hydrogen (secondary N) is 1. The normalized spacial score (nSPS) is 10.8. The van der Waals surface area contributed by atoms with E-state index in [4.69, 9.17) is 10.5 Å². The fourth-order valence-electron chi connectivity index (χ4n) is 3.47. The van der Waals surface area contributed by atoms with Crippen LogP contribution < -0.4 is 26.6 Å². The largest absolute Gasteiger partial charge is 0.490 e. The van der Waals surface area contributed by atoms with E-state index in [9.17, 15) is 14.4 Å². The van der Waals surface area contributed by atoms with Crippen molar-refractivity contribution in [3.63, 3.8) is 0 Å². The van der Waals surface area contributed by atoms with E-state index in [0.717, 1.165) is 5.56 Å². The first-order chi connectivity index (χ1) is 16.3. The Morgan fingerprint density at radius 3 is 2.44 bits per heavy atom. The summed E-state index contributed by atoms with van der Waals surface area (Å²) in [7, 11) is 0. The lowest BCUT2D eigenvalue weighted by Gasteiger charge is -2.25. The molecule has 0 unspecified atom stereocenters. The van der Waals surface area contributed by atoms with Crippen LogP contribution in [0.4, 0.5) is 11.5 Å². The molecule has 3 rings (SSSR count). The first-order valence-electron chi connectivity index (χ1n) is 11.1. The van der Waals surface area contributed by atoms with Gasteiger partial charge in [0.25, 0.3) is 11.5 Å². The first-order valence-corrected chi connectivity index (χ1v) is 11.1. The van der Waals surface area contributed by atoms with Gasteiger partial charge in [-0.1, -0.05) is 56.8 Å². The van der Waals surface area contributed by atoms with Crippen molar-refractivity contribution in [2.75, 3.05) is 23.8 Å². The molecule has 0 bridgehead atoms. The molecule has 0 aliphatic rings. The molecule has 1 aromatic heterocycles. The molecule has 178 valence electrons.